The zero-order valence-electron chi connectivity index (χ0n) is 8.20. The van der Waals surface area contributed by atoms with E-state index in [4.69, 9.17) is 0 Å². The van der Waals surface area contributed by atoms with Crippen molar-refractivity contribution in [2.45, 2.75) is 24.6 Å². The first-order valence-electron chi connectivity index (χ1n) is 4.78. The van der Waals surface area contributed by atoms with Crippen molar-refractivity contribution in [1.29, 1.82) is 0 Å². The van der Waals surface area contributed by atoms with Crippen molar-refractivity contribution >= 4 is 6.47 Å². The molecule has 0 aromatic heterocycles. The van der Waals surface area contributed by atoms with Crippen LogP contribution in [-0.2, 0) is 15.7 Å². The summed E-state index contributed by atoms with van der Waals surface area (Å²) < 4.78 is 41.9. The van der Waals surface area contributed by atoms with Crippen LogP contribution in [0.25, 0.3) is 0 Å². The van der Waals surface area contributed by atoms with Gasteiger partial charge in [0, 0.05) is 5.92 Å². The predicted octanol–water partition coefficient (Wildman–Crippen LogP) is 2.73. The Morgan fingerprint density at radius 2 is 2.12 bits per heavy atom. The van der Waals surface area contributed by atoms with Crippen molar-refractivity contribution in [3.63, 3.8) is 0 Å². The highest BCUT2D eigenvalue weighted by molar-refractivity contribution is 5.40. The van der Waals surface area contributed by atoms with Crippen LogP contribution in [0.5, 0.6) is 0 Å². The van der Waals surface area contributed by atoms with Crippen molar-refractivity contribution in [3.8, 4) is 0 Å². The molecule has 0 spiro atoms. The van der Waals surface area contributed by atoms with E-state index in [0.29, 0.717) is 18.5 Å². The van der Waals surface area contributed by atoms with Crippen LogP contribution in [0.1, 0.15) is 23.5 Å². The van der Waals surface area contributed by atoms with E-state index < -0.39 is 11.7 Å². The lowest BCUT2D eigenvalue weighted by molar-refractivity contribution is -0.137. The van der Waals surface area contributed by atoms with E-state index in [1.807, 2.05) is 0 Å². The van der Waals surface area contributed by atoms with Gasteiger partial charge < -0.3 is 4.74 Å². The summed E-state index contributed by atoms with van der Waals surface area (Å²) in [4.78, 5) is 10.1. The summed E-state index contributed by atoms with van der Waals surface area (Å²) in [5.41, 5.74) is -0.0940. The second-order valence-electron chi connectivity index (χ2n) is 3.74. The molecule has 16 heavy (non-hydrogen) atoms. The fourth-order valence-corrected chi connectivity index (χ4v) is 1.69. The normalized spacial score (nSPS) is 23.9. The second kappa shape index (κ2) is 3.81. The van der Waals surface area contributed by atoms with Gasteiger partial charge >= 0.3 is 6.18 Å². The van der Waals surface area contributed by atoms with Crippen molar-refractivity contribution in [2.24, 2.45) is 0 Å². The van der Waals surface area contributed by atoms with Gasteiger partial charge in [-0.15, -0.1) is 0 Å². The zero-order chi connectivity index (χ0) is 11.8. The lowest BCUT2D eigenvalue weighted by atomic mass is 10.1. The van der Waals surface area contributed by atoms with Crippen LogP contribution >= 0.6 is 0 Å². The van der Waals surface area contributed by atoms with Crippen LogP contribution in [0, 0.1) is 0 Å². The molecule has 0 aliphatic heterocycles. The molecule has 0 saturated heterocycles. The van der Waals surface area contributed by atoms with Crippen LogP contribution in [0.15, 0.2) is 24.3 Å². The Kier molecular flexibility index (Phi) is 2.61. The number of rotatable bonds is 3. The van der Waals surface area contributed by atoms with Crippen molar-refractivity contribution in [2.75, 3.05) is 0 Å². The molecule has 0 N–H and O–H groups in total. The van der Waals surface area contributed by atoms with E-state index in [0.717, 1.165) is 12.1 Å². The molecule has 2 rings (SSSR count). The van der Waals surface area contributed by atoms with Crippen LogP contribution in [-0.4, -0.2) is 12.6 Å². The molecule has 0 amide bonds. The smallest absolute Gasteiger partial charge is 0.416 e. The Hall–Kier alpha value is -1.52. The number of ether oxygens (including phenoxy) is 1. The molecule has 0 unspecified atom stereocenters. The summed E-state index contributed by atoms with van der Waals surface area (Å²) in [6.45, 7) is 0.332. The monoisotopic (exact) mass is 230 g/mol. The molecule has 1 saturated carbocycles. The summed E-state index contributed by atoms with van der Waals surface area (Å²) in [5.74, 6) is -0.0903. The summed E-state index contributed by atoms with van der Waals surface area (Å²) in [7, 11) is 0. The molecule has 0 bridgehead atoms. The first kappa shape index (κ1) is 11.0. The van der Waals surface area contributed by atoms with E-state index in [-0.39, 0.29) is 12.0 Å². The minimum absolute atomic E-state index is 0.0903. The van der Waals surface area contributed by atoms with Gasteiger partial charge in [-0.25, -0.2) is 0 Å². The third kappa shape index (κ3) is 2.18. The molecule has 1 aliphatic carbocycles. The van der Waals surface area contributed by atoms with Gasteiger partial charge in [-0.05, 0) is 18.1 Å². The third-order valence-corrected chi connectivity index (χ3v) is 2.60. The summed E-state index contributed by atoms with van der Waals surface area (Å²) in [6.07, 6.45) is -3.99. The molecule has 1 fully saturated rings. The number of halogens is 3. The highest BCUT2D eigenvalue weighted by atomic mass is 19.4. The topological polar surface area (TPSA) is 26.3 Å². The quantitative estimate of drug-likeness (QED) is 0.746. The molecule has 1 aromatic carbocycles. The molecule has 0 radical (unpaired) electrons. The van der Waals surface area contributed by atoms with Crippen LogP contribution in [0.4, 0.5) is 13.2 Å². The minimum Gasteiger partial charge on any atom is -0.464 e. The maximum absolute atomic E-state index is 12.4. The van der Waals surface area contributed by atoms with Crippen molar-refractivity contribution in [3.05, 3.63) is 35.4 Å². The number of alkyl halides is 3. The third-order valence-electron chi connectivity index (χ3n) is 2.60. The van der Waals surface area contributed by atoms with E-state index in [1.165, 1.54) is 6.07 Å². The van der Waals surface area contributed by atoms with E-state index in [2.05, 4.69) is 4.74 Å². The summed E-state index contributed by atoms with van der Waals surface area (Å²) in [5, 5.41) is 0. The van der Waals surface area contributed by atoms with Gasteiger partial charge in [0.05, 0.1) is 5.56 Å². The van der Waals surface area contributed by atoms with Crippen LogP contribution in [0.2, 0.25) is 0 Å². The lowest BCUT2D eigenvalue weighted by Crippen LogP contribution is -2.05. The molecule has 2 nitrogen and oxygen atoms in total. The summed E-state index contributed by atoms with van der Waals surface area (Å²) in [6, 6.07) is 5.13. The van der Waals surface area contributed by atoms with Crippen molar-refractivity contribution < 1.29 is 22.7 Å². The number of benzene rings is 1. The van der Waals surface area contributed by atoms with Gasteiger partial charge in [-0.3, -0.25) is 4.79 Å². The lowest BCUT2D eigenvalue weighted by Gasteiger charge is -2.08. The molecule has 2 atom stereocenters. The zero-order valence-corrected chi connectivity index (χ0v) is 8.20. The molecule has 5 heteroatoms. The average molecular weight is 230 g/mol. The molecule has 1 aromatic rings. The Morgan fingerprint density at radius 1 is 1.38 bits per heavy atom. The average Bonchev–Trinajstić information content (AvgIpc) is 2.97. The Balaban J connectivity index is 2.15. The first-order chi connectivity index (χ1) is 7.52. The molecule has 1 aliphatic rings. The fourth-order valence-electron chi connectivity index (χ4n) is 1.69. The Morgan fingerprint density at radius 3 is 2.75 bits per heavy atom. The van der Waals surface area contributed by atoms with Crippen LogP contribution < -0.4 is 0 Å². The van der Waals surface area contributed by atoms with Crippen LogP contribution in [0.3, 0.4) is 0 Å². The first-order valence-corrected chi connectivity index (χ1v) is 4.78. The second-order valence-corrected chi connectivity index (χ2v) is 3.74. The number of carbonyl (C=O) groups excluding carboxylic acids is 1. The highest BCUT2D eigenvalue weighted by Crippen LogP contribution is 2.44. The number of hydrogen-bond donors (Lipinski definition) is 0. The SMILES string of the molecule is O=CO[C@@H]1C[C@@H]1c1cccc(C(F)(F)F)c1. The van der Waals surface area contributed by atoms with Crippen molar-refractivity contribution in [1.82, 2.24) is 0 Å². The van der Waals surface area contributed by atoms with Gasteiger partial charge in [0.1, 0.15) is 6.10 Å². The predicted molar refractivity (Wildman–Crippen MR) is 49.7 cm³/mol. The van der Waals surface area contributed by atoms with E-state index >= 15 is 0 Å². The van der Waals surface area contributed by atoms with Gasteiger partial charge in [-0.1, -0.05) is 18.2 Å². The number of carbonyl (C=O) groups is 1. The number of hydrogen-bond acceptors (Lipinski definition) is 2. The van der Waals surface area contributed by atoms with Gasteiger partial charge in [0.25, 0.3) is 6.47 Å². The molecular weight excluding hydrogens is 221 g/mol. The largest absolute Gasteiger partial charge is 0.464 e. The minimum atomic E-state index is -4.33. The maximum Gasteiger partial charge on any atom is 0.416 e. The van der Waals surface area contributed by atoms with Gasteiger partial charge in [0.2, 0.25) is 0 Å². The standard InChI is InChI=1S/C11H9F3O2/c12-11(13,14)8-3-1-2-7(4-8)9-5-10(9)16-6-15/h1-4,6,9-10H,5H2/t9-,10-/m1/s1. The van der Waals surface area contributed by atoms with Gasteiger partial charge in [0.15, 0.2) is 0 Å². The van der Waals surface area contributed by atoms with E-state index in [9.17, 15) is 18.0 Å². The highest BCUT2D eigenvalue weighted by Gasteiger charge is 2.41. The molecule has 0 heterocycles. The van der Waals surface area contributed by atoms with E-state index in [1.54, 1.807) is 6.07 Å². The Labute approximate surface area is 90.0 Å². The molecule has 86 valence electrons. The summed E-state index contributed by atoms with van der Waals surface area (Å²) >= 11 is 0. The molecular formula is C11H9F3O2. The van der Waals surface area contributed by atoms with Gasteiger partial charge in [-0.2, -0.15) is 13.2 Å². The fraction of sp³-hybridized carbons (Fsp3) is 0.364. The maximum atomic E-state index is 12.4. The Bertz CT molecular complexity index is 400.